The Bertz CT molecular complexity index is 754. The number of halogens is 1. The van der Waals surface area contributed by atoms with Crippen LogP contribution in [0.4, 0.5) is 5.69 Å². The molecule has 0 aliphatic heterocycles. The zero-order valence-corrected chi connectivity index (χ0v) is 14.5. The Labute approximate surface area is 153 Å². The molecule has 1 aliphatic carbocycles. The number of carbonyl (C=O) groups is 1. The van der Waals surface area contributed by atoms with Crippen LogP contribution < -0.4 is 15.8 Å². The van der Waals surface area contributed by atoms with E-state index in [4.69, 9.17) is 17.0 Å². The Morgan fingerprint density at radius 2 is 1.88 bits per heavy atom. The molecule has 2 aromatic carbocycles. The van der Waals surface area contributed by atoms with Gasteiger partial charge < -0.3 is 15.8 Å². The van der Waals surface area contributed by atoms with Gasteiger partial charge in [0.2, 0.25) is 5.91 Å². The fourth-order valence-corrected chi connectivity index (χ4v) is 2.67. The molecule has 2 atom stereocenters. The first-order valence-electron chi connectivity index (χ1n) is 7.86. The van der Waals surface area contributed by atoms with E-state index in [1.54, 1.807) is 12.1 Å². The molecule has 3 N–H and O–H groups in total. The van der Waals surface area contributed by atoms with Crippen molar-refractivity contribution in [2.45, 2.75) is 25.0 Å². The lowest BCUT2D eigenvalue weighted by molar-refractivity contribution is -0.117. The molecular weight excluding hydrogens is 338 g/mol. The summed E-state index contributed by atoms with van der Waals surface area (Å²) in [6.07, 6.45) is 1.03. The Morgan fingerprint density at radius 1 is 1.20 bits per heavy atom. The smallest absolute Gasteiger partial charge is 0.231 e. The number of nitrogens with two attached hydrogens (primary N) is 1. The van der Waals surface area contributed by atoms with Gasteiger partial charge in [0.1, 0.15) is 12.4 Å². The number of benzene rings is 2. The van der Waals surface area contributed by atoms with Gasteiger partial charge in [0.25, 0.3) is 0 Å². The molecule has 0 radical (unpaired) electrons. The molecule has 0 heterocycles. The molecule has 25 heavy (non-hydrogen) atoms. The minimum atomic E-state index is -0.325. The topological polar surface area (TPSA) is 68.7 Å². The van der Waals surface area contributed by atoms with Crippen LogP contribution in [-0.2, 0) is 11.4 Å². The summed E-state index contributed by atoms with van der Waals surface area (Å²) in [4.78, 5) is 14.1. The van der Waals surface area contributed by atoms with Gasteiger partial charge >= 0.3 is 0 Å². The molecule has 1 aliphatic rings. The zero-order valence-electron chi connectivity index (χ0n) is 13.6. The lowest BCUT2D eigenvalue weighted by Gasteiger charge is -2.08. The number of hydrogen-bond donors (Lipinski definition) is 2. The highest BCUT2D eigenvalue weighted by Gasteiger charge is 2.37. The van der Waals surface area contributed by atoms with Crippen LogP contribution in [0.15, 0.2) is 48.5 Å². The minimum Gasteiger partial charge on any atom is -0.489 e. The molecule has 1 fully saturated rings. The largest absolute Gasteiger partial charge is 0.489 e. The Hall–Kier alpha value is -2.55. The van der Waals surface area contributed by atoms with Crippen molar-refractivity contribution in [3.63, 3.8) is 0 Å². The summed E-state index contributed by atoms with van der Waals surface area (Å²) >= 11 is 0. The molecule has 1 saturated carbocycles. The van der Waals surface area contributed by atoms with E-state index in [0.29, 0.717) is 24.3 Å². The maximum absolute atomic E-state index is 10.8. The standard InChI is InChI=1S/C19H19N3O2.ClH/c1-21-15-6-2-13(3-7-15)12-24-16-8-4-14(5-9-16)17-10-18(17)22-11-19(20)23;/h2-9,17-18,22H,10-12H2,(H2,20,23);1H/t17?,18-;/m0./s1. The van der Waals surface area contributed by atoms with E-state index in [1.165, 1.54) is 5.56 Å². The van der Waals surface area contributed by atoms with Gasteiger partial charge in [-0.3, -0.25) is 4.79 Å². The van der Waals surface area contributed by atoms with Crippen LogP contribution in [0.5, 0.6) is 5.75 Å². The number of hydrogen-bond acceptors (Lipinski definition) is 3. The Balaban J connectivity index is 0.00000225. The van der Waals surface area contributed by atoms with E-state index in [1.807, 2.05) is 24.3 Å². The van der Waals surface area contributed by atoms with Crippen LogP contribution in [0.25, 0.3) is 4.85 Å². The Kier molecular flexibility index (Phi) is 6.40. The second-order valence-electron chi connectivity index (χ2n) is 5.93. The predicted octanol–water partition coefficient (Wildman–Crippen LogP) is 3.17. The first-order valence-corrected chi connectivity index (χ1v) is 7.86. The van der Waals surface area contributed by atoms with Gasteiger partial charge in [0.05, 0.1) is 13.1 Å². The number of primary amides is 1. The van der Waals surface area contributed by atoms with Crippen molar-refractivity contribution in [3.8, 4) is 5.75 Å². The van der Waals surface area contributed by atoms with E-state index in [0.717, 1.165) is 17.7 Å². The summed E-state index contributed by atoms with van der Waals surface area (Å²) in [5.41, 5.74) is 8.04. The zero-order chi connectivity index (χ0) is 16.9. The van der Waals surface area contributed by atoms with Crippen molar-refractivity contribution in [1.29, 1.82) is 0 Å². The lowest BCUT2D eigenvalue weighted by atomic mass is 10.1. The molecule has 0 saturated heterocycles. The number of ether oxygens (including phenoxy) is 1. The van der Waals surface area contributed by atoms with Gasteiger partial charge in [-0.25, -0.2) is 4.85 Å². The third-order valence-electron chi connectivity index (χ3n) is 4.11. The second kappa shape index (κ2) is 8.52. The van der Waals surface area contributed by atoms with Crippen molar-refractivity contribution in [1.82, 2.24) is 5.32 Å². The van der Waals surface area contributed by atoms with Crippen molar-refractivity contribution >= 4 is 24.0 Å². The molecule has 3 rings (SSSR count). The number of amides is 1. The maximum Gasteiger partial charge on any atom is 0.231 e. The first-order chi connectivity index (χ1) is 11.7. The van der Waals surface area contributed by atoms with Gasteiger partial charge in [-0.2, -0.15) is 0 Å². The van der Waals surface area contributed by atoms with Gasteiger partial charge in [-0.1, -0.05) is 36.4 Å². The fourth-order valence-electron chi connectivity index (χ4n) is 2.67. The molecule has 0 aromatic heterocycles. The van der Waals surface area contributed by atoms with Crippen LogP contribution in [-0.4, -0.2) is 18.5 Å². The summed E-state index contributed by atoms with van der Waals surface area (Å²) < 4.78 is 5.77. The van der Waals surface area contributed by atoms with E-state index in [2.05, 4.69) is 22.3 Å². The van der Waals surface area contributed by atoms with Crippen molar-refractivity contribution < 1.29 is 9.53 Å². The number of nitrogens with zero attached hydrogens (tertiary/aromatic N) is 1. The summed E-state index contributed by atoms with van der Waals surface area (Å²) in [6, 6.07) is 15.8. The highest BCUT2D eigenvalue weighted by Crippen LogP contribution is 2.41. The Morgan fingerprint density at radius 3 is 2.48 bits per heavy atom. The highest BCUT2D eigenvalue weighted by molar-refractivity contribution is 5.85. The summed E-state index contributed by atoms with van der Waals surface area (Å²) in [5.74, 6) is 0.934. The van der Waals surface area contributed by atoms with Crippen molar-refractivity contribution in [2.24, 2.45) is 5.73 Å². The van der Waals surface area contributed by atoms with Gasteiger partial charge in [0.15, 0.2) is 5.69 Å². The normalized spacial score (nSPS) is 17.9. The average molecular weight is 358 g/mol. The van der Waals surface area contributed by atoms with Gasteiger partial charge in [-0.05, 0) is 29.7 Å². The van der Waals surface area contributed by atoms with Crippen molar-refractivity contribution in [3.05, 3.63) is 71.1 Å². The SMILES string of the molecule is Cl.[C-]#[N+]c1ccc(COc2ccc(C3C[C@@H]3NCC(N)=O)cc2)cc1. The van der Waals surface area contributed by atoms with E-state index in [-0.39, 0.29) is 24.9 Å². The van der Waals surface area contributed by atoms with E-state index in [9.17, 15) is 4.79 Å². The van der Waals surface area contributed by atoms with Crippen LogP contribution in [0, 0.1) is 6.57 Å². The molecule has 1 unspecified atom stereocenters. The quantitative estimate of drug-likeness (QED) is 0.748. The van der Waals surface area contributed by atoms with Crippen LogP contribution in [0.3, 0.4) is 0 Å². The average Bonchev–Trinajstić information content (AvgIpc) is 3.39. The monoisotopic (exact) mass is 357 g/mol. The molecule has 0 bridgehead atoms. The molecular formula is C19H20ClN3O2. The highest BCUT2D eigenvalue weighted by atomic mass is 35.5. The molecule has 2 aromatic rings. The third-order valence-corrected chi connectivity index (χ3v) is 4.11. The molecule has 5 nitrogen and oxygen atoms in total. The van der Waals surface area contributed by atoms with Crippen molar-refractivity contribution in [2.75, 3.05) is 6.54 Å². The molecule has 1 amide bonds. The van der Waals surface area contributed by atoms with Gasteiger partial charge in [-0.15, -0.1) is 12.4 Å². The number of rotatable bonds is 7. The predicted molar refractivity (Wildman–Crippen MR) is 99.1 cm³/mol. The van der Waals surface area contributed by atoms with Gasteiger partial charge in [0, 0.05) is 12.0 Å². The van der Waals surface area contributed by atoms with E-state index < -0.39 is 0 Å². The fraction of sp³-hybridized carbons (Fsp3) is 0.263. The summed E-state index contributed by atoms with van der Waals surface area (Å²) in [6.45, 7) is 7.65. The first kappa shape index (κ1) is 18.8. The lowest BCUT2D eigenvalue weighted by Crippen LogP contribution is -2.30. The number of carbonyl (C=O) groups excluding carboxylic acids is 1. The van der Waals surface area contributed by atoms with Crippen LogP contribution in [0.1, 0.15) is 23.5 Å². The van der Waals surface area contributed by atoms with Crippen LogP contribution >= 0.6 is 12.4 Å². The third kappa shape index (κ3) is 5.21. The molecule has 0 spiro atoms. The summed E-state index contributed by atoms with van der Waals surface area (Å²) in [5, 5.41) is 3.15. The number of nitrogens with one attached hydrogen (secondary N) is 1. The minimum absolute atomic E-state index is 0. The van der Waals surface area contributed by atoms with E-state index >= 15 is 0 Å². The second-order valence-corrected chi connectivity index (χ2v) is 5.93. The molecule has 6 heteroatoms. The summed E-state index contributed by atoms with van der Waals surface area (Å²) in [7, 11) is 0. The maximum atomic E-state index is 10.8. The van der Waals surface area contributed by atoms with Crippen LogP contribution in [0.2, 0.25) is 0 Å². The molecule has 130 valence electrons.